The van der Waals surface area contributed by atoms with Gasteiger partial charge in [-0.2, -0.15) is 5.10 Å². The normalized spacial score (nSPS) is 10.7. The van der Waals surface area contributed by atoms with Crippen LogP contribution < -0.4 is 5.69 Å². The second-order valence-electron chi connectivity index (χ2n) is 4.20. The topological polar surface area (TPSA) is 66.1 Å². The molecule has 0 aliphatic heterocycles. The van der Waals surface area contributed by atoms with Crippen LogP contribution in [-0.2, 0) is 16.1 Å². The molecule has 0 saturated carbocycles. The highest BCUT2D eigenvalue weighted by Gasteiger charge is 2.19. The fourth-order valence-electron chi connectivity index (χ4n) is 1.91. The van der Waals surface area contributed by atoms with Crippen molar-refractivity contribution in [2.24, 2.45) is 0 Å². The molecule has 0 spiro atoms. The lowest BCUT2D eigenvalue weighted by Crippen LogP contribution is -2.28. The molecule has 1 heterocycles. The van der Waals surface area contributed by atoms with Gasteiger partial charge in [-0.05, 0) is 26.0 Å². The summed E-state index contributed by atoms with van der Waals surface area (Å²) in [5.41, 5.74) is -1.33. The number of carbonyl (C=O) groups is 1. The molecule has 1 aromatic carbocycles. The van der Waals surface area contributed by atoms with Crippen LogP contribution in [0.3, 0.4) is 0 Å². The zero-order valence-corrected chi connectivity index (χ0v) is 11.5. The maximum atomic E-state index is 13.8. The van der Waals surface area contributed by atoms with Crippen molar-refractivity contribution in [1.29, 1.82) is 0 Å². The van der Waals surface area contributed by atoms with Crippen molar-refractivity contribution in [2.45, 2.75) is 20.4 Å². The average molecular weight is 297 g/mol. The van der Waals surface area contributed by atoms with Crippen LogP contribution in [0.1, 0.15) is 12.7 Å². The lowest BCUT2D eigenvalue weighted by Gasteiger charge is -2.05. The van der Waals surface area contributed by atoms with Gasteiger partial charge in [0.05, 0.1) is 6.61 Å². The van der Waals surface area contributed by atoms with E-state index in [2.05, 4.69) is 5.10 Å². The first-order valence-corrected chi connectivity index (χ1v) is 6.22. The molecule has 0 amide bonds. The molecule has 0 unspecified atom stereocenters. The predicted octanol–water partition coefficient (Wildman–Crippen LogP) is 1.18. The fraction of sp³-hybridized carbons (Fsp3) is 0.308. The summed E-state index contributed by atoms with van der Waals surface area (Å²) in [6.45, 7) is 2.78. The summed E-state index contributed by atoms with van der Waals surface area (Å²) in [6, 6.07) is 3.26. The number of halogens is 2. The molecule has 2 rings (SSSR count). The molecule has 0 atom stereocenters. The second-order valence-corrected chi connectivity index (χ2v) is 4.20. The van der Waals surface area contributed by atoms with Gasteiger partial charge in [0.1, 0.15) is 29.7 Å². The van der Waals surface area contributed by atoms with Crippen molar-refractivity contribution < 1.29 is 18.3 Å². The minimum Gasteiger partial charge on any atom is -0.465 e. The van der Waals surface area contributed by atoms with Gasteiger partial charge in [0.2, 0.25) is 0 Å². The number of aromatic nitrogens is 3. The van der Waals surface area contributed by atoms with Crippen LogP contribution in [0.4, 0.5) is 8.78 Å². The third-order valence-corrected chi connectivity index (χ3v) is 2.75. The van der Waals surface area contributed by atoms with Crippen molar-refractivity contribution in [3.8, 4) is 5.69 Å². The summed E-state index contributed by atoms with van der Waals surface area (Å²) in [5, 5.41) is 3.82. The Labute approximate surface area is 118 Å². The summed E-state index contributed by atoms with van der Waals surface area (Å²) in [5.74, 6) is -2.38. The number of para-hydroxylation sites is 1. The summed E-state index contributed by atoms with van der Waals surface area (Å²) in [6.07, 6.45) is 0. The molecule has 0 saturated heterocycles. The standard InChI is InChI=1S/C13H13F2N3O3/c1-3-21-11(19)7-17-13(20)18(8(2)16-17)12-9(14)5-4-6-10(12)15/h4-6H,3,7H2,1-2H3. The molecule has 6 nitrogen and oxygen atoms in total. The average Bonchev–Trinajstić information content (AvgIpc) is 2.66. The number of hydrogen-bond donors (Lipinski definition) is 0. The van der Waals surface area contributed by atoms with E-state index in [-0.39, 0.29) is 12.4 Å². The summed E-state index contributed by atoms with van der Waals surface area (Å²) >= 11 is 0. The van der Waals surface area contributed by atoms with E-state index < -0.39 is 35.5 Å². The van der Waals surface area contributed by atoms with E-state index >= 15 is 0 Å². The molecule has 2 aromatic rings. The molecule has 0 fully saturated rings. The maximum Gasteiger partial charge on any atom is 0.351 e. The van der Waals surface area contributed by atoms with E-state index in [4.69, 9.17) is 4.74 Å². The van der Waals surface area contributed by atoms with Crippen LogP contribution in [0.25, 0.3) is 5.69 Å². The quantitative estimate of drug-likeness (QED) is 0.795. The first-order chi connectivity index (χ1) is 9.95. The largest absolute Gasteiger partial charge is 0.465 e. The SMILES string of the molecule is CCOC(=O)Cn1nc(C)n(-c2c(F)cccc2F)c1=O. The lowest BCUT2D eigenvalue weighted by molar-refractivity contribution is -0.144. The van der Waals surface area contributed by atoms with Gasteiger partial charge in [0.25, 0.3) is 0 Å². The Morgan fingerprint density at radius 2 is 1.95 bits per heavy atom. The van der Waals surface area contributed by atoms with Gasteiger partial charge < -0.3 is 4.74 Å². The van der Waals surface area contributed by atoms with E-state index in [1.807, 2.05) is 0 Å². The van der Waals surface area contributed by atoms with Crippen LogP contribution in [0.5, 0.6) is 0 Å². The zero-order chi connectivity index (χ0) is 15.6. The Morgan fingerprint density at radius 1 is 1.33 bits per heavy atom. The van der Waals surface area contributed by atoms with Crippen LogP contribution in [0.2, 0.25) is 0 Å². The number of carbonyl (C=O) groups excluding carboxylic acids is 1. The van der Waals surface area contributed by atoms with Crippen LogP contribution >= 0.6 is 0 Å². The van der Waals surface area contributed by atoms with Gasteiger partial charge in [0.15, 0.2) is 0 Å². The number of benzene rings is 1. The van der Waals surface area contributed by atoms with Crippen molar-refractivity contribution >= 4 is 5.97 Å². The fourth-order valence-corrected chi connectivity index (χ4v) is 1.91. The number of ether oxygens (including phenoxy) is 1. The summed E-state index contributed by atoms with van der Waals surface area (Å²) in [7, 11) is 0. The Morgan fingerprint density at radius 3 is 2.52 bits per heavy atom. The minimum absolute atomic E-state index is 0.0632. The zero-order valence-electron chi connectivity index (χ0n) is 11.5. The molecule has 8 heteroatoms. The molecule has 0 aliphatic carbocycles. The molecule has 21 heavy (non-hydrogen) atoms. The van der Waals surface area contributed by atoms with Gasteiger partial charge in [-0.3, -0.25) is 4.79 Å². The van der Waals surface area contributed by atoms with Gasteiger partial charge in [-0.25, -0.2) is 22.8 Å². The number of esters is 1. The van der Waals surface area contributed by atoms with Crippen molar-refractivity contribution in [2.75, 3.05) is 6.61 Å². The molecule has 1 aromatic heterocycles. The minimum atomic E-state index is -0.893. The number of aryl methyl sites for hydroxylation is 1. The van der Waals surface area contributed by atoms with Crippen molar-refractivity contribution in [3.05, 3.63) is 46.1 Å². The van der Waals surface area contributed by atoms with Crippen molar-refractivity contribution in [3.63, 3.8) is 0 Å². The molecule has 0 N–H and O–H groups in total. The second kappa shape index (κ2) is 5.86. The Balaban J connectivity index is 2.50. The molecule has 0 bridgehead atoms. The van der Waals surface area contributed by atoms with Gasteiger partial charge in [-0.1, -0.05) is 6.07 Å². The molecular weight excluding hydrogens is 284 g/mol. The lowest BCUT2D eigenvalue weighted by atomic mass is 10.3. The third kappa shape index (κ3) is 2.83. The van der Waals surface area contributed by atoms with Crippen LogP contribution in [0.15, 0.2) is 23.0 Å². The molecule has 0 radical (unpaired) electrons. The van der Waals surface area contributed by atoms with E-state index in [1.54, 1.807) is 6.92 Å². The summed E-state index contributed by atoms with van der Waals surface area (Å²) < 4.78 is 33.8. The number of hydrogen-bond acceptors (Lipinski definition) is 4. The number of nitrogens with zero attached hydrogens (tertiary/aromatic N) is 3. The highest BCUT2D eigenvalue weighted by atomic mass is 19.1. The van der Waals surface area contributed by atoms with Crippen molar-refractivity contribution in [1.82, 2.24) is 14.3 Å². The summed E-state index contributed by atoms with van der Waals surface area (Å²) in [4.78, 5) is 23.5. The van der Waals surface area contributed by atoms with Crippen LogP contribution in [0, 0.1) is 18.6 Å². The van der Waals surface area contributed by atoms with E-state index in [1.165, 1.54) is 13.0 Å². The first kappa shape index (κ1) is 14.9. The van der Waals surface area contributed by atoms with Gasteiger partial charge >= 0.3 is 11.7 Å². The highest BCUT2D eigenvalue weighted by molar-refractivity contribution is 5.68. The Bertz CT molecular complexity index is 716. The molecular formula is C13H13F2N3O3. The molecule has 112 valence electrons. The smallest absolute Gasteiger partial charge is 0.351 e. The van der Waals surface area contributed by atoms with Crippen LogP contribution in [-0.4, -0.2) is 26.9 Å². The van der Waals surface area contributed by atoms with Gasteiger partial charge in [-0.15, -0.1) is 0 Å². The third-order valence-electron chi connectivity index (χ3n) is 2.75. The Kier molecular flexibility index (Phi) is 4.15. The van der Waals surface area contributed by atoms with E-state index in [9.17, 15) is 18.4 Å². The van der Waals surface area contributed by atoms with Gasteiger partial charge in [0, 0.05) is 0 Å². The highest BCUT2D eigenvalue weighted by Crippen LogP contribution is 2.16. The Hall–Kier alpha value is -2.51. The maximum absolute atomic E-state index is 13.8. The van der Waals surface area contributed by atoms with E-state index in [0.29, 0.717) is 0 Å². The molecule has 0 aliphatic rings. The predicted molar refractivity (Wildman–Crippen MR) is 69.1 cm³/mol. The van der Waals surface area contributed by atoms with E-state index in [0.717, 1.165) is 21.4 Å². The number of rotatable bonds is 4. The first-order valence-electron chi connectivity index (χ1n) is 6.22. The monoisotopic (exact) mass is 297 g/mol.